The van der Waals surface area contributed by atoms with Crippen LogP contribution < -0.4 is 0 Å². The minimum atomic E-state index is 0.899. The molecule has 1 aromatic heterocycles. The van der Waals surface area contributed by atoms with E-state index in [-0.39, 0.29) is 0 Å². The van der Waals surface area contributed by atoms with Gasteiger partial charge in [-0.1, -0.05) is 60.7 Å². The highest BCUT2D eigenvalue weighted by Gasteiger charge is 2.19. The molecule has 1 heterocycles. The second kappa shape index (κ2) is 7.62. The first-order valence-corrected chi connectivity index (χ1v) is 10.9. The summed E-state index contributed by atoms with van der Waals surface area (Å²) in [6, 6.07) is 33.3. The van der Waals surface area contributed by atoms with Gasteiger partial charge in [0.2, 0.25) is 0 Å². The Hall–Kier alpha value is -2.69. The van der Waals surface area contributed by atoms with Gasteiger partial charge in [-0.15, -0.1) is 0 Å². The van der Waals surface area contributed by atoms with Crippen LogP contribution in [0, 0.1) is 0 Å². The van der Waals surface area contributed by atoms with Crippen LogP contribution in [0.5, 0.6) is 0 Å². The lowest BCUT2D eigenvalue weighted by Crippen LogP contribution is -1.98. The van der Waals surface area contributed by atoms with E-state index in [2.05, 4.69) is 115 Å². The number of aromatic nitrogens is 2. The lowest BCUT2D eigenvalue weighted by atomic mass is 10.0. The van der Waals surface area contributed by atoms with Gasteiger partial charge >= 0.3 is 0 Å². The normalized spacial score (nSPS) is 11.1. The molecule has 140 valence electrons. The van der Waals surface area contributed by atoms with Crippen molar-refractivity contribution in [2.24, 2.45) is 0 Å². The zero-order valence-electron chi connectivity index (χ0n) is 15.4. The first-order chi connectivity index (χ1) is 14.2. The minimum absolute atomic E-state index is 0.899. The lowest BCUT2D eigenvalue weighted by molar-refractivity contribution is 1.10. The molecule has 0 spiro atoms. The third-order valence-electron chi connectivity index (χ3n) is 4.95. The van der Waals surface area contributed by atoms with Crippen LogP contribution in [0.15, 0.2) is 106 Å². The molecule has 2 nitrogen and oxygen atoms in total. The number of benzene rings is 4. The smallest absolute Gasteiger partial charge is 0.148 e. The van der Waals surface area contributed by atoms with Gasteiger partial charge in [0, 0.05) is 20.2 Å². The summed E-state index contributed by atoms with van der Waals surface area (Å²) in [6.45, 7) is 0. The number of halogens is 2. The standard InChI is InChI=1S/C25H16Br2N2/c26-20-15-18(17-9-3-1-4-10-17)16-21(27)24(20)25-28-22-13-7-8-14-23(22)29(25)19-11-5-2-6-12-19/h1-16H. The molecule has 0 N–H and O–H groups in total. The maximum absolute atomic E-state index is 4.99. The van der Waals surface area contributed by atoms with E-state index in [0.717, 1.165) is 42.6 Å². The van der Waals surface area contributed by atoms with Gasteiger partial charge in [0.1, 0.15) is 5.82 Å². The largest absolute Gasteiger partial charge is 0.292 e. The summed E-state index contributed by atoms with van der Waals surface area (Å²) in [5, 5.41) is 0. The molecular formula is C25H16Br2N2. The second-order valence-corrected chi connectivity index (χ2v) is 8.48. The van der Waals surface area contributed by atoms with E-state index in [4.69, 9.17) is 4.98 Å². The Morgan fingerprint density at radius 3 is 1.90 bits per heavy atom. The van der Waals surface area contributed by atoms with Crippen molar-refractivity contribution in [3.8, 4) is 28.2 Å². The highest BCUT2D eigenvalue weighted by atomic mass is 79.9. The van der Waals surface area contributed by atoms with Crippen molar-refractivity contribution < 1.29 is 0 Å². The quantitative estimate of drug-likeness (QED) is 0.245. The summed E-state index contributed by atoms with van der Waals surface area (Å²) < 4.78 is 4.21. The van der Waals surface area contributed by atoms with Crippen LogP contribution in [-0.2, 0) is 0 Å². The van der Waals surface area contributed by atoms with E-state index in [1.165, 1.54) is 5.56 Å². The molecule has 0 bridgehead atoms. The third kappa shape index (κ3) is 3.33. The average molecular weight is 504 g/mol. The zero-order valence-corrected chi connectivity index (χ0v) is 18.6. The van der Waals surface area contributed by atoms with Crippen LogP contribution in [0.4, 0.5) is 0 Å². The number of hydrogen-bond acceptors (Lipinski definition) is 1. The summed E-state index contributed by atoms with van der Waals surface area (Å²) in [5.74, 6) is 0.899. The molecule has 0 aliphatic carbocycles. The van der Waals surface area contributed by atoms with Gasteiger partial charge in [0.05, 0.1) is 11.0 Å². The van der Waals surface area contributed by atoms with Crippen LogP contribution in [0.2, 0.25) is 0 Å². The molecule has 5 rings (SSSR count). The minimum Gasteiger partial charge on any atom is -0.292 e. The molecule has 0 amide bonds. The Balaban J connectivity index is 1.77. The fraction of sp³-hybridized carbons (Fsp3) is 0. The molecule has 0 fully saturated rings. The number of para-hydroxylation sites is 3. The zero-order chi connectivity index (χ0) is 19.8. The van der Waals surface area contributed by atoms with Crippen LogP contribution in [0.3, 0.4) is 0 Å². The molecule has 29 heavy (non-hydrogen) atoms. The van der Waals surface area contributed by atoms with Crippen molar-refractivity contribution in [3.63, 3.8) is 0 Å². The molecule has 0 aliphatic rings. The Kier molecular flexibility index (Phi) is 4.82. The molecule has 0 aliphatic heterocycles. The number of fused-ring (bicyclic) bond motifs is 1. The van der Waals surface area contributed by atoms with E-state index in [9.17, 15) is 0 Å². The van der Waals surface area contributed by atoms with E-state index in [0.29, 0.717) is 0 Å². The Morgan fingerprint density at radius 2 is 1.21 bits per heavy atom. The van der Waals surface area contributed by atoms with Gasteiger partial charge in [-0.25, -0.2) is 4.98 Å². The number of imidazole rings is 1. The molecule has 5 aromatic rings. The summed E-state index contributed by atoms with van der Waals surface area (Å²) >= 11 is 7.63. The summed E-state index contributed by atoms with van der Waals surface area (Å²) in [7, 11) is 0. The first kappa shape index (κ1) is 18.3. The monoisotopic (exact) mass is 502 g/mol. The Bertz CT molecular complexity index is 1290. The fourth-order valence-corrected chi connectivity index (χ4v) is 5.16. The molecule has 4 heteroatoms. The number of rotatable bonds is 3. The van der Waals surface area contributed by atoms with Crippen LogP contribution in [0.25, 0.3) is 39.2 Å². The first-order valence-electron chi connectivity index (χ1n) is 9.30. The summed E-state index contributed by atoms with van der Waals surface area (Å²) in [5.41, 5.74) is 6.50. The van der Waals surface area contributed by atoms with Gasteiger partial charge in [-0.2, -0.15) is 0 Å². The van der Waals surface area contributed by atoms with Crippen LogP contribution in [0.1, 0.15) is 0 Å². The van der Waals surface area contributed by atoms with Gasteiger partial charge in [-0.3, -0.25) is 4.57 Å². The van der Waals surface area contributed by atoms with Gasteiger partial charge in [-0.05, 0) is 79.4 Å². The van der Waals surface area contributed by atoms with Crippen molar-refractivity contribution in [3.05, 3.63) is 106 Å². The predicted octanol–water partition coefficient (Wildman–Crippen LogP) is 7.88. The fourth-order valence-electron chi connectivity index (χ4n) is 3.62. The number of nitrogens with zero attached hydrogens (tertiary/aromatic N) is 2. The van der Waals surface area contributed by atoms with Gasteiger partial charge < -0.3 is 0 Å². The number of hydrogen-bond donors (Lipinski definition) is 0. The SMILES string of the molecule is Brc1cc(-c2ccccc2)cc(Br)c1-c1nc2ccccc2n1-c1ccccc1. The summed E-state index contributed by atoms with van der Waals surface area (Å²) in [6.07, 6.45) is 0. The Labute approximate surface area is 186 Å². The third-order valence-corrected chi connectivity index (χ3v) is 6.20. The van der Waals surface area contributed by atoms with Gasteiger partial charge in [0.15, 0.2) is 0 Å². The van der Waals surface area contributed by atoms with Crippen molar-refractivity contribution in [1.29, 1.82) is 0 Å². The van der Waals surface area contributed by atoms with E-state index >= 15 is 0 Å². The summed E-state index contributed by atoms with van der Waals surface area (Å²) in [4.78, 5) is 4.99. The van der Waals surface area contributed by atoms with Crippen molar-refractivity contribution in [2.45, 2.75) is 0 Å². The molecule has 0 saturated carbocycles. The molecule has 4 aromatic carbocycles. The lowest BCUT2D eigenvalue weighted by Gasteiger charge is -2.14. The predicted molar refractivity (Wildman–Crippen MR) is 127 cm³/mol. The molecular weight excluding hydrogens is 488 g/mol. The van der Waals surface area contributed by atoms with Crippen LogP contribution in [-0.4, -0.2) is 9.55 Å². The molecule has 0 atom stereocenters. The maximum Gasteiger partial charge on any atom is 0.148 e. The average Bonchev–Trinajstić information content (AvgIpc) is 3.13. The van der Waals surface area contributed by atoms with E-state index in [1.54, 1.807) is 0 Å². The second-order valence-electron chi connectivity index (χ2n) is 6.78. The highest BCUT2D eigenvalue weighted by molar-refractivity contribution is 9.11. The molecule has 0 radical (unpaired) electrons. The maximum atomic E-state index is 4.99. The van der Waals surface area contributed by atoms with E-state index in [1.807, 2.05) is 18.2 Å². The molecule has 0 saturated heterocycles. The Morgan fingerprint density at radius 1 is 0.621 bits per heavy atom. The highest BCUT2D eigenvalue weighted by Crippen LogP contribution is 2.40. The van der Waals surface area contributed by atoms with Crippen molar-refractivity contribution in [2.75, 3.05) is 0 Å². The van der Waals surface area contributed by atoms with Crippen LogP contribution >= 0.6 is 31.9 Å². The van der Waals surface area contributed by atoms with E-state index < -0.39 is 0 Å². The molecule has 0 unspecified atom stereocenters. The van der Waals surface area contributed by atoms with Crippen molar-refractivity contribution >= 4 is 42.9 Å². The topological polar surface area (TPSA) is 17.8 Å². The van der Waals surface area contributed by atoms with Gasteiger partial charge in [0.25, 0.3) is 0 Å². The van der Waals surface area contributed by atoms with Crippen molar-refractivity contribution in [1.82, 2.24) is 9.55 Å².